The Kier molecular flexibility index (Phi) is 3.80. The lowest BCUT2D eigenvalue weighted by Crippen LogP contribution is -2.16. The van der Waals surface area contributed by atoms with Gasteiger partial charge in [0.1, 0.15) is 0 Å². The van der Waals surface area contributed by atoms with Crippen molar-refractivity contribution in [3.05, 3.63) is 64.8 Å². The molecule has 0 bridgehead atoms. The standard InChI is InChI=1S/C17H16BrN3/c1-21(11-12-2-4-13(18)5-3-12)17-8-9-20-16-10-14(19)6-7-15(16)17/h2-10H,11,19H2,1H3. The van der Waals surface area contributed by atoms with E-state index >= 15 is 0 Å². The van der Waals surface area contributed by atoms with Gasteiger partial charge in [-0.2, -0.15) is 0 Å². The summed E-state index contributed by atoms with van der Waals surface area (Å²) in [6.45, 7) is 0.844. The molecule has 0 fully saturated rings. The minimum Gasteiger partial charge on any atom is -0.399 e. The van der Waals surface area contributed by atoms with Crippen LogP contribution in [0.3, 0.4) is 0 Å². The summed E-state index contributed by atoms with van der Waals surface area (Å²) in [5, 5.41) is 1.12. The average molecular weight is 342 g/mol. The molecule has 0 unspecified atom stereocenters. The molecule has 0 aliphatic heterocycles. The molecule has 106 valence electrons. The van der Waals surface area contributed by atoms with Crippen LogP contribution in [0, 0.1) is 0 Å². The second-order valence-corrected chi connectivity index (χ2v) is 6.00. The zero-order chi connectivity index (χ0) is 14.8. The highest BCUT2D eigenvalue weighted by Crippen LogP contribution is 2.27. The number of nitrogen functional groups attached to an aromatic ring is 1. The molecule has 0 aliphatic carbocycles. The van der Waals surface area contributed by atoms with Gasteiger partial charge in [0.25, 0.3) is 0 Å². The summed E-state index contributed by atoms with van der Waals surface area (Å²) in [7, 11) is 2.09. The molecule has 0 amide bonds. The molecule has 2 aromatic carbocycles. The number of rotatable bonds is 3. The van der Waals surface area contributed by atoms with E-state index in [0.29, 0.717) is 0 Å². The zero-order valence-electron chi connectivity index (χ0n) is 11.8. The summed E-state index contributed by atoms with van der Waals surface area (Å²) < 4.78 is 1.10. The molecule has 4 heteroatoms. The number of pyridine rings is 1. The van der Waals surface area contributed by atoms with Gasteiger partial charge in [-0.1, -0.05) is 28.1 Å². The number of nitrogens with two attached hydrogens (primary N) is 1. The van der Waals surface area contributed by atoms with Gasteiger partial charge in [-0.25, -0.2) is 0 Å². The highest BCUT2D eigenvalue weighted by atomic mass is 79.9. The molecule has 1 aromatic heterocycles. The highest BCUT2D eigenvalue weighted by molar-refractivity contribution is 9.10. The summed E-state index contributed by atoms with van der Waals surface area (Å²) in [6.07, 6.45) is 1.83. The Bertz CT molecular complexity index is 769. The monoisotopic (exact) mass is 341 g/mol. The Morgan fingerprint density at radius 2 is 1.86 bits per heavy atom. The van der Waals surface area contributed by atoms with E-state index in [1.807, 2.05) is 30.5 Å². The fraction of sp³-hybridized carbons (Fsp3) is 0.118. The van der Waals surface area contributed by atoms with Crippen molar-refractivity contribution < 1.29 is 0 Å². The van der Waals surface area contributed by atoms with E-state index < -0.39 is 0 Å². The van der Waals surface area contributed by atoms with E-state index in [0.717, 1.165) is 33.3 Å². The molecule has 3 rings (SSSR count). The van der Waals surface area contributed by atoms with Crippen molar-refractivity contribution >= 4 is 38.2 Å². The molecular formula is C17H16BrN3. The number of hydrogen-bond donors (Lipinski definition) is 1. The third-order valence-electron chi connectivity index (χ3n) is 3.49. The summed E-state index contributed by atoms with van der Waals surface area (Å²) in [6, 6.07) is 16.3. The SMILES string of the molecule is CN(Cc1ccc(Br)cc1)c1ccnc2cc(N)ccc12. The van der Waals surface area contributed by atoms with Crippen LogP contribution in [0.4, 0.5) is 11.4 Å². The molecule has 0 saturated heterocycles. The van der Waals surface area contributed by atoms with Gasteiger partial charge in [0.15, 0.2) is 0 Å². The maximum Gasteiger partial charge on any atom is 0.0743 e. The van der Waals surface area contributed by atoms with E-state index in [1.54, 1.807) is 0 Å². The molecule has 0 spiro atoms. The van der Waals surface area contributed by atoms with Crippen LogP contribution in [0.15, 0.2) is 59.2 Å². The first kappa shape index (κ1) is 13.9. The Hall–Kier alpha value is -2.07. The van der Waals surface area contributed by atoms with Crippen molar-refractivity contribution in [3.63, 3.8) is 0 Å². The topological polar surface area (TPSA) is 42.2 Å². The van der Waals surface area contributed by atoms with Gasteiger partial charge in [-0.15, -0.1) is 0 Å². The summed E-state index contributed by atoms with van der Waals surface area (Å²) in [4.78, 5) is 6.62. The lowest BCUT2D eigenvalue weighted by molar-refractivity contribution is 0.926. The number of nitrogens with zero attached hydrogens (tertiary/aromatic N) is 2. The largest absolute Gasteiger partial charge is 0.399 e. The minimum atomic E-state index is 0.739. The lowest BCUT2D eigenvalue weighted by atomic mass is 10.1. The molecule has 0 radical (unpaired) electrons. The number of fused-ring (bicyclic) bond motifs is 1. The quantitative estimate of drug-likeness (QED) is 0.725. The second kappa shape index (κ2) is 5.74. The van der Waals surface area contributed by atoms with Crippen LogP contribution in [-0.4, -0.2) is 12.0 Å². The molecule has 0 aliphatic rings. The number of benzene rings is 2. The average Bonchev–Trinajstić information content (AvgIpc) is 2.48. The smallest absolute Gasteiger partial charge is 0.0743 e. The molecule has 0 saturated carbocycles. The van der Waals surface area contributed by atoms with Crippen molar-refractivity contribution in [3.8, 4) is 0 Å². The van der Waals surface area contributed by atoms with E-state index in [2.05, 4.69) is 57.1 Å². The molecule has 3 aromatic rings. The van der Waals surface area contributed by atoms with Crippen LogP contribution in [-0.2, 0) is 6.54 Å². The van der Waals surface area contributed by atoms with Gasteiger partial charge in [0, 0.05) is 41.0 Å². The summed E-state index contributed by atoms with van der Waals surface area (Å²) in [5.74, 6) is 0. The number of hydrogen-bond acceptors (Lipinski definition) is 3. The predicted molar refractivity (Wildman–Crippen MR) is 92.4 cm³/mol. The molecule has 0 atom stereocenters. The van der Waals surface area contributed by atoms with E-state index in [-0.39, 0.29) is 0 Å². The Morgan fingerprint density at radius 3 is 2.62 bits per heavy atom. The Morgan fingerprint density at radius 1 is 1.10 bits per heavy atom. The van der Waals surface area contributed by atoms with Crippen molar-refractivity contribution in [2.75, 3.05) is 17.7 Å². The van der Waals surface area contributed by atoms with E-state index in [4.69, 9.17) is 5.73 Å². The maximum atomic E-state index is 5.83. The molecule has 1 heterocycles. The maximum absolute atomic E-state index is 5.83. The highest BCUT2D eigenvalue weighted by Gasteiger charge is 2.07. The molecular weight excluding hydrogens is 326 g/mol. The molecule has 2 N–H and O–H groups in total. The van der Waals surface area contributed by atoms with Gasteiger partial charge >= 0.3 is 0 Å². The summed E-state index contributed by atoms with van der Waals surface area (Å²) in [5.41, 5.74) is 9.91. The third kappa shape index (κ3) is 3.00. The van der Waals surface area contributed by atoms with Crippen LogP contribution < -0.4 is 10.6 Å². The normalized spacial score (nSPS) is 10.8. The fourth-order valence-corrected chi connectivity index (χ4v) is 2.70. The van der Waals surface area contributed by atoms with Gasteiger partial charge in [-0.05, 0) is 42.0 Å². The fourth-order valence-electron chi connectivity index (χ4n) is 2.43. The molecule has 21 heavy (non-hydrogen) atoms. The predicted octanol–water partition coefficient (Wildman–Crippen LogP) is 4.22. The van der Waals surface area contributed by atoms with Gasteiger partial charge in [0.2, 0.25) is 0 Å². The van der Waals surface area contributed by atoms with Gasteiger partial charge < -0.3 is 10.6 Å². The van der Waals surface area contributed by atoms with Gasteiger partial charge in [-0.3, -0.25) is 4.98 Å². The van der Waals surface area contributed by atoms with Crippen molar-refractivity contribution in [2.45, 2.75) is 6.54 Å². The van der Waals surface area contributed by atoms with Crippen LogP contribution in [0.5, 0.6) is 0 Å². The Balaban J connectivity index is 1.94. The number of anilines is 2. The first-order chi connectivity index (χ1) is 10.1. The van der Waals surface area contributed by atoms with E-state index in [1.165, 1.54) is 5.56 Å². The van der Waals surface area contributed by atoms with E-state index in [9.17, 15) is 0 Å². The van der Waals surface area contributed by atoms with Crippen LogP contribution >= 0.6 is 15.9 Å². The molecule has 3 nitrogen and oxygen atoms in total. The van der Waals surface area contributed by atoms with Crippen LogP contribution in [0.2, 0.25) is 0 Å². The van der Waals surface area contributed by atoms with Crippen molar-refractivity contribution in [1.82, 2.24) is 4.98 Å². The van der Waals surface area contributed by atoms with Crippen LogP contribution in [0.25, 0.3) is 10.9 Å². The minimum absolute atomic E-state index is 0.739. The lowest BCUT2D eigenvalue weighted by Gasteiger charge is -2.21. The van der Waals surface area contributed by atoms with Crippen molar-refractivity contribution in [2.24, 2.45) is 0 Å². The first-order valence-corrected chi connectivity index (χ1v) is 7.52. The third-order valence-corrected chi connectivity index (χ3v) is 4.02. The van der Waals surface area contributed by atoms with Crippen molar-refractivity contribution in [1.29, 1.82) is 0 Å². The summed E-state index contributed by atoms with van der Waals surface area (Å²) >= 11 is 3.46. The Labute approximate surface area is 132 Å². The first-order valence-electron chi connectivity index (χ1n) is 6.73. The zero-order valence-corrected chi connectivity index (χ0v) is 13.3. The number of halogens is 1. The number of aromatic nitrogens is 1. The van der Waals surface area contributed by atoms with Gasteiger partial charge in [0.05, 0.1) is 5.52 Å². The second-order valence-electron chi connectivity index (χ2n) is 5.09. The van der Waals surface area contributed by atoms with Crippen LogP contribution in [0.1, 0.15) is 5.56 Å².